The number of nitrogens with zero attached hydrogens (tertiary/aromatic N) is 3. The zero-order chi connectivity index (χ0) is 19.6. The number of H-pyrrole nitrogens is 1. The predicted molar refractivity (Wildman–Crippen MR) is 102 cm³/mol. The Morgan fingerprint density at radius 1 is 1.22 bits per heavy atom. The lowest BCUT2D eigenvalue weighted by Gasteiger charge is -2.26. The summed E-state index contributed by atoms with van der Waals surface area (Å²) in [5.41, 5.74) is 0.649. The molecule has 0 fully saturated rings. The lowest BCUT2D eigenvalue weighted by atomic mass is 10.0. The van der Waals surface area contributed by atoms with Gasteiger partial charge in [-0.05, 0) is 30.2 Å². The number of thioether (sulfide) groups is 1. The van der Waals surface area contributed by atoms with Gasteiger partial charge in [-0.15, -0.1) is 5.10 Å². The van der Waals surface area contributed by atoms with Crippen molar-refractivity contribution in [1.29, 1.82) is 0 Å². The summed E-state index contributed by atoms with van der Waals surface area (Å²) in [6, 6.07) is 5.68. The Morgan fingerprint density at radius 2 is 1.85 bits per heavy atom. The lowest BCUT2D eigenvalue weighted by Crippen LogP contribution is -2.48. The zero-order valence-corrected chi connectivity index (χ0v) is 16.2. The molecule has 0 spiro atoms. The van der Waals surface area contributed by atoms with Crippen molar-refractivity contribution in [3.8, 4) is 0 Å². The summed E-state index contributed by atoms with van der Waals surface area (Å²) in [5, 5.41) is 9.83. The molecule has 3 amide bonds. The van der Waals surface area contributed by atoms with Gasteiger partial charge in [0.15, 0.2) is 0 Å². The van der Waals surface area contributed by atoms with E-state index in [0.717, 1.165) is 10.7 Å². The van der Waals surface area contributed by atoms with Gasteiger partial charge in [0.25, 0.3) is 11.8 Å². The molecule has 0 aliphatic carbocycles. The zero-order valence-electron chi connectivity index (χ0n) is 15.4. The molecule has 0 saturated carbocycles. The molecule has 0 radical (unpaired) electrons. The maximum Gasteiger partial charge on any atom is 0.262 e. The summed E-state index contributed by atoms with van der Waals surface area (Å²) in [7, 11) is 0. The van der Waals surface area contributed by atoms with Gasteiger partial charge in [0.2, 0.25) is 17.0 Å². The molecule has 1 unspecified atom stereocenters. The van der Waals surface area contributed by atoms with E-state index in [-0.39, 0.29) is 11.9 Å². The van der Waals surface area contributed by atoms with Gasteiger partial charge in [0.1, 0.15) is 6.04 Å². The maximum absolute atomic E-state index is 12.9. The van der Waals surface area contributed by atoms with E-state index in [2.05, 4.69) is 20.5 Å². The largest absolute Gasteiger partial charge is 0.293 e. The first kappa shape index (κ1) is 19.1. The van der Waals surface area contributed by atoms with E-state index in [0.29, 0.717) is 22.7 Å². The number of carbonyl (C=O) groups is 3. The fourth-order valence-corrected chi connectivity index (χ4v) is 3.49. The molecule has 142 valence electrons. The second-order valence-corrected chi connectivity index (χ2v) is 7.79. The van der Waals surface area contributed by atoms with Crippen LogP contribution in [0.15, 0.2) is 29.4 Å². The van der Waals surface area contributed by atoms with Gasteiger partial charge < -0.3 is 0 Å². The van der Waals surface area contributed by atoms with Crippen molar-refractivity contribution in [2.45, 2.75) is 38.4 Å². The number of hydrogen-bond donors (Lipinski definition) is 2. The highest BCUT2D eigenvalue weighted by molar-refractivity contribution is 7.99. The highest BCUT2D eigenvalue weighted by atomic mass is 32.2. The summed E-state index contributed by atoms with van der Waals surface area (Å²) in [6.45, 7) is 5.84. The Kier molecular flexibility index (Phi) is 5.59. The van der Waals surface area contributed by atoms with Crippen molar-refractivity contribution in [2.24, 2.45) is 5.92 Å². The fourth-order valence-electron chi connectivity index (χ4n) is 2.96. The van der Waals surface area contributed by atoms with Crippen molar-refractivity contribution in [3.63, 3.8) is 0 Å². The molecule has 1 atom stereocenters. The summed E-state index contributed by atoms with van der Waals surface area (Å²) >= 11 is 1.44. The normalized spacial score (nSPS) is 14.6. The van der Waals surface area contributed by atoms with Gasteiger partial charge in [-0.25, -0.2) is 5.10 Å². The third-order valence-corrected chi connectivity index (χ3v) is 4.84. The molecule has 2 aromatic rings. The van der Waals surface area contributed by atoms with Gasteiger partial charge >= 0.3 is 0 Å². The standard InChI is InChI=1S/C18H21N5O3S/c1-4-27-18-20-17(21-22-18)19-14(24)13(9-10(2)3)23-15(25)11-7-5-6-8-12(11)16(23)26/h5-8,10,13H,4,9H2,1-3H3,(H2,19,20,21,22,24). The Balaban J connectivity index is 1.84. The molecule has 1 aliphatic rings. The number of hydrogen-bond acceptors (Lipinski definition) is 6. The van der Waals surface area contributed by atoms with Crippen LogP contribution >= 0.6 is 11.8 Å². The van der Waals surface area contributed by atoms with Gasteiger partial charge in [-0.3, -0.25) is 24.6 Å². The Bertz CT molecular complexity index is 844. The van der Waals surface area contributed by atoms with Crippen molar-refractivity contribution in [3.05, 3.63) is 35.4 Å². The molecule has 0 bridgehead atoms. The number of aromatic amines is 1. The van der Waals surface area contributed by atoms with E-state index >= 15 is 0 Å². The van der Waals surface area contributed by atoms with E-state index in [4.69, 9.17) is 0 Å². The van der Waals surface area contributed by atoms with Gasteiger partial charge in [-0.1, -0.05) is 44.7 Å². The number of amides is 3. The van der Waals surface area contributed by atoms with E-state index < -0.39 is 23.8 Å². The molecule has 8 nitrogen and oxygen atoms in total. The molecule has 9 heteroatoms. The van der Waals surface area contributed by atoms with Crippen LogP contribution in [-0.2, 0) is 4.79 Å². The van der Waals surface area contributed by atoms with E-state index in [9.17, 15) is 14.4 Å². The quantitative estimate of drug-likeness (QED) is 0.558. The molecule has 2 heterocycles. The van der Waals surface area contributed by atoms with Crippen LogP contribution < -0.4 is 5.32 Å². The van der Waals surface area contributed by atoms with Crippen LogP contribution in [0.5, 0.6) is 0 Å². The first-order chi connectivity index (χ1) is 12.9. The van der Waals surface area contributed by atoms with E-state index in [1.165, 1.54) is 11.8 Å². The molecule has 1 aromatic carbocycles. The summed E-state index contributed by atoms with van der Waals surface area (Å²) in [5.74, 6) is -0.266. The number of anilines is 1. The van der Waals surface area contributed by atoms with Crippen LogP contribution in [-0.4, -0.2) is 49.6 Å². The van der Waals surface area contributed by atoms with Gasteiger partial charge in [0, 0.05) is 0 Å². The van der Waals surface area contributed by atoms with Gasteiger partial charge in [0.05, 0.1) is 11.1 Å². The molecule has 0 saturated heterocycles. The number of benzene rings is 1. The molecule has 3 rings (SSSR count). The third-order valence-electron chi connectivity index (χ3n) is 4.11. The Labute approximate surface area is 161 Å². The topological polar surface area (TPSA) is 108 Å². The van der Waals surface area contributed by atoms with Crippen LogP contribution in [0.4, 0.5) is 5.95 Å². The molecule has 1 aromatic heterocycles. The smallest absolute Gasteiger partial charge is 0.262 e. The van der Waals surface area contributed by atoms with E-state index in [1.54, 1.807) is 24.3 Å². The summed E-state index contributed by atoms with van der Waals surface area (Å²) < 4.78 is 0. The van der Waals surface area contributed by atoms with Crippen molar-refractivity contribution >= 4 is 35.4 Å². The SMILES string of the molecule is CCSc1n[nH]c(NC(=O)C(CC(C)C)N2C(=O)c3ccccc3C2=O)n1. The highest BCUT2D eigenvalue weighted by Gasteiger charge is 2.42. The summed E-state index contributed by atoms with van der Waals surface area (Å²) in [4.78, 5) is 43.7. The maximum atomic E-state index is 12.9. The number of fused-ring (bicyclic) bond motifs is 1. The van der Waals surface area contributed by atoms with Crippen LogP contribution in [0.1, 0.15) is 47.9 Å². The number of carbonyl (C=O) groups excluding carboxylic acids is 3. The van der Waals surface area contributed by atoms with Crippen molar-refractivity contribution < 1.29 is 14.4 Å². The Hall–Kier alpha value is -2.68. The monoisotopic (exact) mass is 387 g/mol. The van der Waals surface area contributed by atoms with Gasteiger partial charge in [-0.2, -0.15) is 4.98 Å². The molecule has 27 heavy (non-hydrogen) atoms. The third kappa shape index (κ3) is 3.87. The number of imide groups is 1. The van der Waals surface area contributed by atoms with E-state index in [1.807, 2.05) is 20.8 Å². The fraction of sp³-hybridized carbons (Fsp3) is 0.389. The van der Waals surface area contributed by atoms with Crippen molar-refractivity contribution in [1.82, 2.24) is 20.1 Å². The minimum atomic E-state index is -0.926. The molecular weight excluding hydrogens is 366 g/mol. The second-order valence-electron chi connectivity index (χ2n) is 6.56. The number of rotatable bonds is 7. The van der Waals surface area contributed by atoms with Crippen molar-refractivity contribution in [2.75, 3.05) is 11.1 Å². The minimum absolute atomic E-state index is 0.103. The Morgan fingerprint density at radius 3 is 2.41 bits per heavy atom. The van der Waals surface area contributed by atoms with Crippen LogP contribution in [0, 0.1) is 5.92 Å². The average molecular weight is 387 g/mol. The molecule has 2 N–H and O–H groups in total. The predicted octanol–water partition coefficient (Wildman–Crippen LogP) is 2.57. The molecular formula is C18H21N5O3S. The lowest BCUT2D eigenvalue weighted by molar-refractivity contribution is -0.120. The van der Waals surface area contributed by atoms with Crippen LogP contribution in [0.3, 0.4) is 0 Å². The highest BCUT2D eigenvalue weighted by Crippen LogP contribution is 2.27. The second kappa shape index (κ2) is 7.91. The first-order valence-corrected chi connectivity index (χ1v) is 9.73. The number of nitrogens with one attached hydrogen (secondary N) is 2. The summed E-state index contributed by atoms with van der Waals surface area (Å²) in [6.07, 6.45) is 0.349. The number of aromatic nitrogens is 3. The first-order valence-electron chi connectivity index (χ1n) is 8.75. The van der Waals surface area contributed by atoms with Crippen LogP contribution in [0.25, 0.3) is 0 Å². The minimum Gasteiger partial charge on any atom is -0.293 e. The average Bonchev–Trinajstić information content (AvgIpc) is 3.17. The molecule has 1 aliphatic heterocycles. The van der Waals surface area contributed by atoms with Crippen LogP contribution in [0.2, 0.25) is 0 Å².